The molecule has 0 atom stereocenters. The summed E-state index contributed by atoms with van der Waals surface area (Å²) >= 11 is 1.55. The van der Waals surface area contributed by atoms with E-state index >= 15 is 0 Å². The molecule has 4 rings (SSSR count). The van der Waals surface area contributed by atoms with Gasteiger partial charge in [-0.25, -0.2) is 4.98 Å². The van der Waals surface area contributed by atoms with E-state index in [2.05, 4.69) is 33.1 Å². The number of hydrogen-bond donors (Lipinski definition) is 0. The second-order valence-corrected chi connectivity index (χ2v) is 5.68. The SMILES string of the molecule is Cc1ccc2nc(-c3nc(-c4ccncc4)no3)sc2c1. The number of thiazole rings is 1. The Bertz CT molecular complexity index is 914. The van der Waals surface area contributed by atoms with Gasteiger partial charge in [0.15, 0.2) is 5.01 Å². The molecule has 0 unspecified atom stereocenters. The normalized spacial score (nSPS) is 11.1. The topological polar surface area (TPSA) is 64.7 Å². The molecule has 0 aliphatic carbocycles. The van der Waals surface area contributed by atoms with Crippen LogP contribution in [0.4, 0.5) is 0 Å². The van der Waals surface area contributed by atoms with E-state index in [0.717, 1.165) is 20.8 Å². The lowest BCUT2D eigenvalue weighted by molar-refractivity contribution is 0.432. The van der Waals surface area contributed by atoms with Crippen molar-refractivity contribution in [1.29, 1.82) is 0 Å². The molecule has 5 nitrogen and oxygen atoms in total. The van der Waals surface area contributed by atoms with Gasteiger partial charge in [-0.15, -0.1) is 11.3 Å². The maximum atomic E-state index is 5.33. The highest BCUT2D eigenvalue weighted by Gasteiger charge is 2.14. The van der Waals surface area contributed by atoms with Gasteiger partial charge in [-0.3, -0.25) is 4.98 Å². The van der Waals surface area contributed by atoms with E-state index in [1.165, 1.54) is 5.56 Å². The molecule has 0 spiro atoms. The zero-order valence-electron chi connectivity index (χ0n) is 11.1. The third kappa shape index (κ3) is 2.19. The highest BCUT2D eigenvalue weighted by Crippen LogP contribution is 2.30. The van der Waals surface area contributed by atoms with Crippen molar-refractivity contribution in [2.24, 2.45) is 0 Å². The zero-order chi connectivity index (χ0) is 14.2. The first-order chi connectivity index (χ1) is 10.3. The van der Waals surface area contributed by atoms with E-state index in [4.69, 9.17) is 4.52 Å². The van der Waals surface area contributed by atoms with Crippen molar-refractivity contribution in [1.82, 2.24) is 20.1 Å². The first-order valence-electron chi connectivity index (χ1n) is 6.41. The summed E-state index contributed by atoms with van der Waals surface area (Å²) in [6.07, 6.45) is 3.40. The lowest BCUT2D eigenvalue weighted by Crippen LogP contribution is -1.81. The van der Waals surface area contributed by atoms with Gasteiger partial charge in [0.05, 0.1) is 10.2 Å². The number of nitrogens with zero attached hydrogens (tertiary/aromatic N) is 4. The van der Waals surface area contributed by atoms with E-state index in [0.29, 0.717) is 11.7 Å². The Morgan fingerprint density at radius 1 is 1.05 bits per heavy atom. The molecule has 0 N–H and O–H groups in total. The molecule has 6 heteroatoms. The molecule has 21 heavy (non-hydrogen) atoms. The van der Waals surface area contributed by atoms with E-state index in [1.54, 1.807) is 23.7 Å². The molecular formula is C15H10N4OS. The number of aromatic nitrogens is 4. The highest BCUT2D eigenvalue weighted by molar-refractivity contribution is 7.21. The van der Waals surface area contributed by atoms with Gasteiger partial charge >= 0.3 is 0 Å². The van der Waals surface area contributed by atoms with Crippen molar-refractivity contribution in [3.8, 4) is 22.3 Å². The molecule has 0 radical (unpaired) electrons. The van der Waals surface area contributed by atoms with Gasteiger partial charge in [0.25, 0.3) is 5.89 Å². The van der Waals surface area contributed by atoms with Crippen LogP contribution in [0.2, 0.25) is 0 Å². The average molecular weight is 294 g/mol. The quantitative estimate of drug-likeness (QED) is 0.564. The molecule has 0 saturated carbocycles. The van der Waals surface area contributed by atoms with Crippen molar-refractivity contribution in [2.75, 3.05) is 0 Å². The molecule has 0 aliphatic heterocycles. The first-order valence-corrected chi connectivity index (χ1v) is 7.23. The van der Waals surface area contributed by atoms with Gasteiger partial charge in [-0.2, -0.15) is 4.98 Å². The summed E-state index contributed by atoms with van der Waals surface area (Å²) in [7, 11) is 0. The minimum absolute atomic E-state index is 0.445. The summed E-state index contributed by atoms with van der Waals surface area (Å²) in [6, 6.07) is 9.84. The standard InChI is InChI=1S/C15H10N4OS/c1-9-2-3-11-12(8-9)21-15(17-11)14-18-13(19-20-14)10-4-6-16-7-5-10/h2-8H,1H3. The summed E-state index contributed by atoms with van der Waals surface area (Å²) in [5, 5.41) is 4.74. The molecule has 0 fully saturated rings. The van der Waals surface area contributed by atoms with E-state index in [-0.39, 0.29) is 0 Å². The molecule has 0 amide bonds. The lowest BCUT2D eigenvalue weighted by atomic mass is 10.2. The molecule has 102 valence electrons. The van der Waals surface area contributed by atoms with Crippen molar-refractivity contribution < 1.29 is 4.52 Å². The molecular weight excluding hydrogens is 284 g/mol. The zero-order valence-corrected chi connectivity index (χ0v) is 12.0. The number of fused-ring (bicyclic) bond motifs is 1. The maximum absolute atomic E-state index is 5.33. The number of benzene rings is 1. The third-order valence-electron chi connectivity index (χ3n) is 3.09. The largest absolute Gasteiger partial charge is 0.331 e. The maximum Gasteiger partial charge on any atom is 0.287 e. The Morgan fingerprint density at radius 3 is 2.76 bits per heavy atom. The number of aryl methyl sites for hydroxylation is 1. The van der Waals surface area contributed by atoms with Gasteiger partial charge in [-0.05, 0) is 36.8 Å². The van der Waals surface area contributed by atoms with Gasteiger partial charge in [0, 0.05) is 18.0 Å². The van der Waals surface area contributed by atoms with E-state index < -0.39 is 0 Å². The minimum atomic E-state index is 0.445. The van der Waals surface area contributed by atoms with E-state index in [9.17, 15) is 0 Å². The van der Waals surface area contributed by atoms with Crippen LogP contribution in [0.3, 0.4) is 0 Å². The Morgan fingerprint density at radius 2 is 1.90 bits per heavy atom. The number of pyridine rings is 1. The Hall–Kier alpha value is -2.60. The van der Waals surface area contributed by atoms with Crippen molar-refractivity contribution in [2.45, 2.75) is 6.92 Å². The van der Waals surface area contributed by atoms with E-state index in [1.807, 2.05) is 24.3 Å². The van der Waals surface area contributed by atoms with Crippen LogP contribution >= 0.6 is 11.3 Å². The lowest BCUT2D eigenvalue weighted by Gasteiger charge is -1.89. The van der Waals surface area contributed by atoms with Crippen LogP contribution < -0.4 is 0 Å². The van der Waals surface area contributed by atoms with Crippen molar-refractivity contribution in [3.63, 3.8) is 0 Å². The fourth-order valence-corrected chi connectivity index (χ4v) is 3.04. The van der Waals surface area contributed by atoms with Crippen molar-refractivity contribution >= 4 is 21.6 Å². The predicted octanol–water partition coefficient (Wildman–Crippen LogP) is 3.72. The van der Waals surface area contributed by atoms with Crippen LogP contribution in [0.5, 0.6) is 0 Å². The minimum Gasteiger partial charge on any atom is -0.331 e. The van der Waals surface area contributed by atoms with Gasteiger partial charge in [0.2, 0.25) is 5.82 Å². The molecule has 1 aromatic carbocycles. The Kier molecular flexibility index (Phi) is 2.75. The average Bonchev–Trinajstić information content (AvgIpc) is 3.14. The Balaban J connectivity index is 1.77. The monoisotopic (exact) mass is 294 g/mol. The molecule has 3 heterocycles. The summed E-state index contributed by atoms with van der Waals surface area (Å²) in [5.41, 5.74) is 3.03. The Labute approximate surface area is 124 Å². The fourth-order valence-electron chi connectivity index (χ4n) is 2.05. The van der Waals surface area contributed by atoms with Crippen LogP contribution in [0.15, 0.2) is 47.2 Å². The summed E-state index contributed by atoms with van der Waals surface area (Å²) < 4.78 is 6.45. The van der Waals surface area contributed by atoms with Crippen LogP contribution in [0, 0.1) is 6.92 Å². The van der Waals surface area contributed by atoms with Gasteiger partial charge < -0.3 is 4.52 Å². The second-order valence-electron chi connectivity index (χ2n) is 4.65. The second kappa shape index (κ2) is 4.75. The van der Waals surface area contributed by atoms with Crippen LogP contribution in [-0.2, 0) is 0 Å². The van der Waals surface area contributed by atoms with Gasteiger partial charge in [-0.1, -0.05) is 11.2 Å². The third-order valence-corrected chi connectivity index (χ3v) is 4.10. The number of rotatable bonds is 2. The molecule has 4 aromatic rings. The van der Waals surface area contributed by atoms with Crippen molar-refractivity contribution in [3.05, 3.63) is 48.3 Å². The molecule has 3 aromatic heterocycles. The summed E-state index contributed by atoms with van der Waals surface area (Å²) in [5.74, 6) is 0.989. The highest BCUT2D eigenvalue weighted by atomic mass is 32.1. The van der Waals surface area contributed by atoms with Gasteiger partial charge in [0.1, 0.15) is 0 Å². The van der Waals surface area contributed by atoms with Crippen LogP contribution in [-0.4, -0.2) is 20.1 Å². The molecule has 0 bridgehead atoms. The summed E-state index contributed by atoms with van der Waals surface area (Å²) in [6.45, 7) is 2.06. The first kappa shape index (κ1) is 12.2. The summed E-state index contributed by atoms with van der Waals surface area (Å²) in [4.78, 5) is 12.9. The number of hydrogen-bond acceptors (Lipinski definition) is 6. The molecule has 0 aliphatic rings. The molecule has 0 saturated heterocycles. The van der Waals surface area contributed by atoms with Crippen LogP contribution in [0.1, 0.15) is 5.56 Å². The fraction of sp³-hybridized carbons (Fsp3) is 0.0667. The van der Waals surface area contributed by atoms with Crippen LogP contribution in [0.25, 0.3) is 32.5 Å². The predicted molar refractivity (Wildman–Crippen MR) is 80.9 cm³/mol. The smallest absolute Gasteiger partial charge is 0.287 e.